The molecule has 138 valence electrons. The molecule has 3 rings (SSSR count). The van der Waals surface area contributed by atoms with E-state index in [-0.39, 0.29) is 6.10 Å². The third-order valence-corrected chi connectivity index (χ3v) is 5.14. The molecule has 1 aliphatic rings. The molecule has 1 aliphatic carbocycles. The van der Waals surface area contributed by atoms with Crippen molar-refractivity contribution in [2.45, 2.75) is 44.6 Å². The molecular formula is C19H20Cl2N2O3. The highest BCUT2D eigenvalue weighted by Crippen LogP contribution is 2.31. The van der Waals surface area contributed by atoms with Gasteiger partial charge in [0.25, 0.3) is 0 Å². The molecule has 1 amide bonds. The first-order chi connectivity index (χ1) is 12.6. The number of anilines is 1. The van der Waals surface area contributed by atoms with Gasteiger partial charge >= 0.3 is 6.09 Å². The first-order valence-electron chi connectivity index (χ1n) is 8.53. The molecule has 0 saturated heterocycles. The molecule has 0 aliphatic heterocycles. The highest BCUT2D eigenvalue weighted by Gasteiger charge is 2.21. The maximum Gasteiger partial charge on any atom is 0.412 e. The van der Waals surface area contributed by atoms with Gasteiger partial charge in [-0.25, -0.2) is 4.79 Å². The summed E-state index contributed by atoms with van der Waals surface area (Å²) >= 11 is 12.1. The number of nitrogens with zero attached hydrogens (tertiary/aromatic N) is 1. The van der Waals surface area contributed by atoms with Gasteiger partial charge in [0.05, 0.1) is 0 Å². The highest BCUT2D eigenvalue weighted by atomic mass is 35.5. The second kappa shape index (κ2) is 8.60. The predicted octanol–water partition coefficient (Wildman–Crippen LogP) is 6.08. The minimum Gasteiger partial charge on any atom is -0.442 e. The Kier molecular flexibility index (Phi) is 6.22. The third kappa shape index (κ3) is 4.40. The van der Waals surface area contributed by atoms with Gasteiger partial charge < -0.3 is 9.26 Å². The number of amides is 1. The summed E-state index contributed by atoms with van der Waals surface area (Å²) in [6, 6.07) is 7.56. The second-order valence-corrected chi connectivity index (χ2v) is 6.94. The summed E-state index contributed by atoms with van der Waals surface area (Å²) in [6.45, 7) is 1.84. The number of nitrogens with one attached hydrogen (secondary N) is 1. The van der Waals surface area contributed by atoms with E-state index in [1.54, 1.807) is 0 Å². The largest absolute Gasteiger partial charge is 0.442 e. The van der Waals surface area contributed by atoms with Gasteiger partial charge in [0.2, 0.25) is 0 Å². The Morgan fingerprint density at radius 2 is 2.04 bits per heavy atom. The topological polar surface area (TPSA) is 64.4 Å². The Labute approximate surface area is 162 Å². The molecule has 1 aromatic heterocycles. The number of alkyl halides is 1. The van der Waals surface area contributed by atoms with Gasteiger partial charge in [-0.15, -0.1) is 11.6 Å². The summed E-state index contributed by atoms with van der Waals surface area (Å²) in [5.41, 5.74) is 3.79. The first kappa shape index (κ1) is 18.8. The van der Waals surface area contributed by atoms with E-state index in [0.29, 0.717) is 17.3 Å². The fourth-order valence-electron chi connectivity index (χ4n) is 2.97. The van der Waals surface area contributed by atoms with E-state index in [0.717, 1.165) is 47.4 Å². The van der Waals surface area contributed by atoms with Crippen molar-refractivity contribution < 1.29 is 14.1 Å². The van der Waals surface area contributed by atoms with Crippen molar-refractivity contribution in [3.63, 3.8) is 0 Å². The quantitative estimate of drug-likeness (QED) is 0.623. The van der Waals surface area contributed by atoms with Gasteiger partial charge in [0, 0.05) is 16.5 Å². The van der Waals surface area contributed by atoms with Gasteiger partial charge in [0.1, 0.15) is 23.7 Å². The average Bonchev–Trinajstić information content (AvgIpc) is 3.10. The van der Waals surface area contributed by atoms with Crippen LogP contribution in [0.25, 0.3) is 11.3 Å². The molecule has 1 N–H and O–H groups in total. The maximum atomic E-state index is 12.3. The Bertz CT molecular complexity index is 799. The van der Waals surface area contributed by atoms with E-state index >= 15 is 0 Å². The zero-order chi connectivity index (χ0) is 18.5. The summed E-state index contributed by atoms with van der Waals surface area (Å²) in [4.78, 5) is 12.3. The molecule has 2 aromatic rings. The Balaban J connectivity index is 1.67. The predicted molar refractivity (Wildman–Crippen MR) is 102 cm³/mol. The maximum absolute atomic E-state index is 12.3. The van der Waals surface area contributed by atoms with Crippen LogP contribution in [0.3, 0.4) is 0 Å². The molecule has 1 unspecified atom stereocenters. The second-order valence-electron chi connectivity index (χ2n) is 6.22. The van der Waals surface area contributed by atoms with Crippen molar-refractivity contribution in [3.05, 3.63) is 46.7 Å². The Morgan fingerprint density at radius 1 is 1.31 bits per heavy atom. The van der Waals surface area contributed by atoms with Crippen molar-refractivity contribution >= 4 is 35.0 Å². The van der Waals surface area contributed by atoms with Gasteiger partial charge in [-0.3, -0.25) is 5.32 Å². The number of halogens is 2. The van der Waals surface area contributed by atoms with Gasteiger partial charge in [-0.2, -0.15) is 0 Å². The average molecular weight is 395 g/mol. The van der Waals surface area contributed by atoms with Crippen molar-refractivity contribution in [3.8, 4) is 11.3 Å². The number of carbonyl (C=O) groups is 1. The number of hydrogen-bond acceptors (Lipinski definition) is 4. The summed E-state index contributed by atoms with van der Waals surface area (Å²) in [5, 5.41) is 7.47. The first-order valence-corrected chi connectivity index (χ1v) is 9.44. The molecule has 26 heavy (non-hydrogen) atoms. The summed E-state index contributed by atoms with van der Waals surface area (Å²) in [6.07, 6.45) is 4.29. The van der Waals surface area contributed by atoms with E-state index in [1.807, 2.05) is 31.2 Å². The highest BCUT2D eigenvalue weighted by molar-refractivity contribution is 6.30. The monoisotopic (exact) mass is 394 g/mol. The SMILES string of the molecule is CC(OC(=O)Nc1conc1-c1ccc(CCl)cc1)C1=C(Cl)CCCC1. The standard InChI is InChI=1S/C19H20Cl2N2O3/c1-12(15-4-2-3-5-16(15)21)26-19(24)22-17-11-25-23-18(17)14-8-6-13(10-20)7-9-14/h6-9,11-12H,2-5,10H2,1H3,(H,22,24). The number of hydrogen-bond donors (Lipinski definition) is 1. The molecule has 0 bridgehead atoms. The molecule has 7 heteroatoms. The number of rotatable bonds is 5. The molecular weight excluding hydrogens is 375 g/mol. The minimum absolute atomic E-state index is 0.367. The fraction of sp³-hybridized carbons (Fsp3) is 0.368. The van der Waals surface area contributed by atoms with E-state index in [9.17, 15) is 4.79 Å². The number of aromatic nitrogens is 1. The van der Waals surface area contributed by atoms with Crippen LogP contribution >= 0.6 is 23.2 Å². The van der Waals surface area contributed by atoms with Crippen molar-refractivity contribution in [1.29, 1.82) is 0 Å². The lowest BCUT2D eigenvalue weighted by Gasteiger charge is -2.22. The molecule has 0 radical (unpaired) electrons. The normalized spacial score (nSPS) is 15.7. The number of ether oxygens (including phenoxy) is 1. The van der Waals surface area contributed by atoms with E-state index in [4.69, 9.17) is 32.5 Å². The van der Waals surface area contributed by atoms with Crippen LogP contribution in [0, 0.1) is 0 Å². The number of benzene rings is 1. The fourth-order valence-corrected chi connectivity index (χ4v) is 3.53. The van der Waals surface area contributed by atoms with Crippen molar-refractivity contribution in [1.82, 2.24) is 5.16 Å². The lowest BCUT2D eigenvalue weighted by Crippen LogP contribution is -2.23. The molecule has 0 saturated carbocycles. The van der Waals surface area contributed by atoms with Gasteiger partial charge in [-0.1, -0.05) is 41.0 Å². The lowest BCUT2D eigenvalue weighted by molar-refractivity contribution is 0.134. The van der Waals surface area contributed by atoms with E-state index in [2.05, 4.69) is 10.5 Å². The summed E-state index contributed by atoms with van der Waals surface area (Å²) in [7, 11) is 0. The number of allylic oxidation sites excluding steroid dienone is 1. The van der Waals surface area contributed by atoms with Crippen LogP contribution < -0.4 is 5.32 Å². The molecule has 1 heterocycles. The lowest BCUT2D eigenvalue weighted by atomic mass is 9.96. The third-order valence-electron chi connectivity index (χ3n) is 4.40. The Morgan fingerprint density at radius 3 is 2.73 bits per heavy atom. The molecule has 0 spiro atoms. The van der Waals surface area contributed by atoms with Crippen LogP contribution in [0.1, 0.15) is 38.2 Å². The molecule has 0 fully saturated rings. The minimum atomic E-state index is -0.568. The van der Waals surface area contributed by atoms with Crippen LogP contribution in [-0.2, 0) is 10.6 Å². The molecule has 1 atom stereocenters. The zero-order valence-electron chi connectivity index (χ0n) is 14.4. The smallest absolute Gasteiger partial charge is 0.412 e. The van der Waals surface area contributed by atoms with E-state index < -0.39 is 6.09 Å². The van der Waals surface area contributed by atoms with Crippen LogP contribution in [0.5, 0.6) is 0 Å². The number of carbonyl (C=O) groups excluding carboxylic acids is 1. The summed E-state index contributed by atoms with van der Waals surface area (Å²) < 4.78 is 10.5. The van der Waals surface area contributed by atoms with Crippen LogP contribution in [0.4, 0.5) is 10.5 Å². The van der Waals surface area contributed by atoms with Gasteiger partial charge in [0.15, 0.2) is 0 Å². The van der Waals surface area contributed by atoms with E-state index in [1.165, 1.54) is 6.26 Å². The van der Waals surface area contributed by atoms with Crippen molar-refractivity contribution in [2.75, 3.05) is 5.32 Å². The van der Waals surface area contributed by atoms with Crippen LogP contribution in [-0.4, -0.2) is 17.4 Å². The molecule has 1 aromatic carbocycles. The molecule has 5 nitrogen and oxygen atoms in total. The summed E-state index contributed by atoms with van der Waals surface area (Å²) in [5.74, 6) is 0.437. The van der Waals surface area contributed by atoms with Crippen LogP contribution in [0.15, 0.2) is 45.7 Å². The Hall–Kier alpha value is -1.98. The van der Waals surface area contributed by atoms with Gasteiger partial charge in [-0.05, 0) is 43.7 Å². The zero-order valence-corrected chi connectivity index (χ0v) is 15.9. The van der Waals surface area contributed by atoms with Crippen molar-refractivity contribution in [2.24, 2.45) is 0 Å². The van der Waals surface area contributed by atoms with Crippen LogP contribution in [0.2, 0.25) is 0 Å².